The first-order chi connectivity index (χ1) is 12.5. The third-order valence-corrected chi connectivity index (χ3v) is 4.55. The number of aromatic nitrogens is 1. The van der Waals surface area contributed by atoms with Gasteiger partial charge in [0.15, 0.2) is 0 Å². The summed E-state index contributed by atoms with van der Waals surface area (Å²) >= 11 is 1.02. The third-order valence-electron chi connectivity index (χ3n) is 3.67. The lowest BCUT2D eigenvalue weighted by Gasteiger charge is -2.19. The van der Waals surface area contributed by atoms with E-state index in [-0.39, 0.29) is 10.8 Å². The summed E-state index contributed by atoms with van der Waals surface area (Å²) in [5.41, 5.74) is 0.993. The number of rotatable bonds is 9. The monoisotopic (exact) mass is 373 g/mol. The van der Waals surface area contributed by atoms with Crippen LogP contribution in [0, 0.1) is 0 Å². The number of benzene rings is 1. The molecule has 0 aliphatic rings. The van der Waals surface area contributed by atoms with Crippen LogP contribution in [-0.2, 0) is 6.42 Å². The molecule has 2 N–H and O–H groups in total. The molecule has 0 saturated carbocycles. The first-order valence-corrected chi connectivity index (χ1v) is 8.98. The summed E-state index contributed by atoms with van der Waals surface area (Å²) in [7, 11) is 1.94. The van der Waals surface area contributed by atoms with E-state index < -0.39 is 0 Å². The zero-order valence-corrected chi connectivity index (χ0v) is 15.8. The molecule has 26 heavy (non-hydrogen) atoms. The average molecular weight is 373 g/mol. The quantitative estimate of drug-likeness (QED) is 0.523. The van der Waals surface area contributed by atoms with E-state index in [2.05, 4.69) is 16.7 Å². The van der Waals surface area contributed by atoms with Crippen molar-refractivity contribution >= 4 is 18.1 Å². The van der Waals surface area contributed by atoms with E-state index in [1.807, 2.05) is 61.4 Å². The van der Waals surface area contributed by atoms with Crippen molar-refractivity contribution in [3.8, 4) is 11.6 Å². The SMILES string of the molecule is C=NC(=CC=CC)N(C)CCOc1ccc(Cc2sc(=O)[nH]c2O)cc1. The van der Waals surface area contributed by atoms with E-state index in [9.17, 15) is 9.90 Å². The fourth-order valence-electron chi connectivity index (χ4n) is 2.26. The molecule has 0 atom stereocenters. The van der Waals surface area contributed by atoms with E-state index in [1.54, 1.807) is 0 Å². The molecular weight excluding hydrogens is 350 g/mol. The lowest BCUT2D eigenvalue weighted by atomic mass is 10.1. The highest BCUT2D eigenvalue weighted by Gasteiger charge is 2.08. The Bertz CT molecular complexity index is 834. The number of nitrogens with zero attached hydrogens (tertiary/aromatic N) is 2. The Morgan fingerprint density at radius 2 is 2.15 bits per heavy atom. The van der Waals surface area contributed by atoms with E-state index in [4.69, 9.17) is 4.74 Å². The molecule has 0 radical (unpaired) electrons. The molecule has 0 saturated heterocycles. The van der Waals surface area contributed by atoms with Crippen molar-refractivity contribution < 1.29 is 9.84 Å². The third kappa shape index (κ3) is 5.63. The molecule has 1 aromatic carbocycles. The zero-order chi connectivity index (χ0) is 18.9. The minimum Gasteiger partial charge on any atom is -0.494 e. The first-order valence-electron chi connectivity index (χ1n) is 8.17. The fraction of sp³-hybridized carbons (Fsp3) is 0.263. The Morgan fingerprint density at radius 3 is 2.73 bits per heavy atom. The molecule has 1 heterocycles. The molecule has 0 unspecified atom stereocenters. The first kappa shape index (κ1) is 19.5. The van der Waals surface area contributed by atoms with Gasteiger partial charge in [-0.25, -0.2) is 4.99 Å². The molecule has 2 aromatic rings. The summed E-state index contributed by atoms with van der Waals surface area (Å²) in [5, 5.41) is 9.64. The molecule has 0 aliphatic heterocycles. The maximum Gasteiger partial charge on any atom is 0.307 e. The summed E-state index contributed by atoms with van der Waals surface area (Å²) < 4.78 is 5.76. The van der Waals surface area contributed by atoms with E-state index in [1.165, 1.54) is 0 Å². The van der Waals surface area contributed by atoms with Gasteiger partial charge in [0.2, 0.25) is 5.88 Å². The topological polar surface area (TPSA) is 77.9 Å². The van der Waals surface area contributed by atoms with Gasteiger partial charge in [-0.3, -0.25) is 9.78 Å². The van der Waals surface area contributed by atoms with Crippen LogP contribution in [-0.4, -0.2) is 41.9 Å². The second kappa shape index (κ2) is 9.62. The summed E-state index contributed by atoms with van der Waals surface area (Å²) in [6, 6.07) is 7.60. The lowest BCUT2D eigenvalue weighted by molar-refractivity contribution is 0.264. The second-order valence-corrected chi connectivity index (χ2v) is 6.65. The Balaban J connectivity index is 1.86. The molecule has 2 rings (SSSR count). The fourth-order valence-corrected chi connectivity index (χ4v) is 3.02. The van der Waals surface area contributed by atoms with Crippen molar-refractivity contribution in [1.82, 2.24) is 9.88 Å². The molecule has 6 nitrogen and oxygen atoms in total. The van der Waals surface area contributed by atoms with Gasteiger partial charge in [0.05, 0.1) is 11.4 Å². The summed E-state index contributed by atoms with van der Waals surface area (Å²) in [6.07, 6.45) is 6.25. The number of hydrogen-bond acceptors (Lipinski definition) is 6. The number of H-pyrrole nitrogens is 1. The highest BCUT2D eigenvalue weighted by atomic mass is 32.1. The highest BCUT2D eigenvalue weighted by molar-refractivity contribution is 7.09. The molecule has 0 fully saturated rings. The molecule has 7 heteroatoms. The van der Waals surface area contributed by atoms with Crippen LogP contribution in [0.15, 0.2) is 58.1 Å². The Labute approximate surface area is 156 Å². The maximum absolute atomic E-state index is 11.2. The number of aromatic hydroxyl groups is 1. The molecule has 0 aliphatic carbocycles. The van der Waals surface area contributed by atoms with Gasteiger partial charge in [-0.15, -0.1) is 0 Å². The predicted molar refractivity (Wildman–Crippen MR) is 106 cm³/mol. The Kier molecular flexibility index (Phi) is 7.23. The molecule has 0 bridgehead atoms. The van der Waals surface area contributed by atoms with Crippen LogP contribution in [0.25, 0.3) is 0 Å². The number of hydrogen-bond donors (Lipinski definition) is 2. The maximum atomic E-state index is 11.2. The van der Waals surface area contributed by atoms with Crippen molar-refractivity contribution in [2.24, 2.45) is 4.99 Å². The van der Waals surface area contributed by atoms with Crippen LogP contribution in [0.1, 0.15) is 17.4 Å². The Hall–Kier alpha value is -2.80. The molecule has 0 spiro atoms. The highest BCUT2D eigenvalue weighted by Crippen LogP contribution is 2.21. The number of allylic oxidation sites excluding steroid dienone is 3. The van der Waals surface area contributed by atoms with Gasteiger partial charge in [-0.1, -0.05) is 35.6 Å². The van der Waals surface area contributed by atoms with Crippen molar-refractivity contribution in [2.45, 2.75) is 13.3 Å². The number of nitrogens with one attached hydrogen (secondary N) is 1. The second-order valence-electron chi connectivity index (χ2n) is 5.59. The summed E-state index contributed by atoms with van der Waals surface area (Å²) in [6.45, 7) is 6.71. The van der Waals surface area contributed by atoms with E-state index >= 15 is 0 Å². The van der Waals surface area contributed by atoms with E-state index in [0.29, 0.717) is 24.4 Å². The van der Waals surface area contributed by atoms with Crippen molar-refractivity contribution in [2.75, 3.05) is 20.2 Å². The largest absolute Gasteiger partial charge is 0.494 e. The lowest BCUT2D eigenvalue weighted by Crippen LogP contribution is -2.23. The van der Waals surface area contributed by atoms with Gasteiger partial charge >= 0.3 is 4.87 Å². The van der Waals surface area contributed by atoms with Gasteiger partial charge in [-0.2, -0.15) is 0 Å². The Morgan fingerprint density at radius 1 is 1.42 bits per heavy atom. The normalized spacial score (nSPS) is 11.7. The van der Waals surface area contributed by atoms with E-state index in [0.717, 1.165) is 28.5 Å². The number of aromatic amines is 1. The van der Waals surface area contributed by atoms with Gasteiger partial charge in [0.1, 0.15) is 18.2 Å². The van der Waals surface area contributed by atoms with Crippen LogP contribution in [0.4, 0.5) is 0 Å². The number of likely N-dealkylation sites (N-methyl/N-ethyl adjacent to an activating group) is 1. The van der Waals surface area contributed by atoms with Gasteiger partial charge in [0.25, 0.3) is 0 Å². The number of aliphatic imine (C=N–C) groups is 1. The van der Waals surface area contributed by atoms with Gasteiger partial charge < -0.3 is 14.7 Å². The molecule has 138 valence electrons. The molecule has 1 aromatic heterocycles. The van der Waals surface area contributed by atoms with Crippen molar-refractivity contribution in [1.29, 1.82) is 0 Å². The van der Waals surface area contributed by atoms with Crippen molar-refractivity contribution in [3.63, 3.8) is 0 Å². The van der Waals surface area contributed by atoms with Gasteiger partial charge in [0, 0.05) is 13.5 Å². The minimum atomic E-state index is -0.251. The predicted octanol–water partition coefficient (Wildman–Crippen LogP) is 3.16. The smallest absolute Gasteiger partial charge is 0.307 e. The minimum absolute atomic E-state index is 0.0547. The summed E-state index contributed by atoms with van der Waals surface area (Å²) in [5.74, 6) is 1.49. The standard InChI is InChI=1S/C19H23N3O3S/c1-4-5-6-17(20-2)22(3)11-12-25-15-9-7-14(8-10-15)13-16-18(23)21-19(24)26-16/h4-10,23H,2,11-13H2,1,3H3,(H,21,24). The van der Waals surface area contributed by atoms with Crippen LogP contribution in [0.3, 0.4) is 0 Å². The van der Waals surface area contributed by atoms with Crippen LogP contribution >= 0.6 is 11.3 Å². The number of ether oxygens (including phenoxy) is 1. The van der Waals surface area contributed by atoms with Crippen LogP contribution in [0.2, 0.25) is 0 Å². The summed E-state index contributed by atoms with van der Waals surface area (Å²) in [4.78, 5) is 19.9. The number of thiazole rings is 1. The van der Waals surface area contributed by atoms with Crippen LogP contribution in [0.5, 0.6) is 11.6 Å². The van der Waals surface area contributed by atoms with Crippen molar-refractivity contribution in [3.05, 3.63) is 68.4 Å². The zero-order valence-electron chi connectivity index (χ0n) is 14.9. The molecule has 0 amide bonds. The van der Waals surface area contributed by atoms with Gasteiger partial charge in [-0.05, 0) is 37.4 Å². The molecular formula is C19H23N3O3S. The van der Waals surface area contributed by atoms with Crippen LogP contribution < -0.4 is 9.61 Å². The average Bonchev–Trinajstić information content (AvgIpc) is 2.94.